The molecule has 3 atom stereocenters. The van der Waals surface area contributed by atoms with Crippen molar-refractivity contribution in [2.75, 3.05) is 32.4 Å². The number of likely N-dealkylation sites (tertiary alicyclic amines) is 1. The molecule has 0 spiro atoms. The molecule has 136 valence electrons. The lowest BCUT2D eigenvalue weighted by Gasteiger charge is -2.34. The molecule has 2 N–H and O–H groups in total. The lowest BCUT2D eigenvalue weighted by Crippen LogP contribution is -2.45. The van der Waals surface area contributed by atoms with Crippen molar-refractivity contribution in [3.05, 3.63) is 0 Å². The van der Waals surface area contributed by atoms with Crippen molar-refractivity contribution in [2.24, 2.45) is 4.99 Å². The number of rotatable bonds is 6. The van der Waals surface area contributed by atoms with Gasteiger partial charge in [0, 0.05) is 23.9 Å². The number of hydrogen-bond donors (Lipinski definition) is 2. The summed E-state index contributed by atoms with van der Waals surface area (Å²) >= 11 is 2.01. The van der Waals surface area contributed by atoms with Gasteiger partial charge in [0.15, 0.2) is 5.96 Å². The monoisotopic (exact) mass is 454 g/mol. The lowest BCUT2D eigenvalue weighted by molar-refractivity contribution is 0.161. The molecule has 0 amide bonds. The van der Waals surface area contributed by atoms with E-state index in [2.05, 4.69) is 35.6 Å². The van der Waals surface area contributed by atoms with Gasteiger partial charge in [0.05, 0.1) is 6.54 Å². The van der Waals surface area contributed by atoms with Crippen LogP contribution in [0.2, 0.25) is 0 Å². The average Bonchev–Trinajstić information content (AvgIpc) is 3.00. The van der Waals surface area contributed by atoms with Gasteiger partial charge >= 0.3 is 0 Å². The molecule has 1 aliphatic heterocycles. The number of guanidine groups is 1. The van der Waals surface area contributed by atoms with Gasteiger partial charge in [-0.1, -0.05) is 13.3 Å². The van der Waals surface area contributed by atoms with Gasteiger partial charge in [0.25, 0.3) is 0 Å². The van der Waals surface area contributed by atoms with Crippen molar-refractivity contribution >= 4 is 41.7 Å². The van der Waals surface area contributed by atoms with E-state index < -0.39 is 0 Å². The van der Waals surface area contributed by atoms with Crippen molar-refractivity contribution in [2.45, 2.75) is 69.7 Å². The summed E-state index contributed by atoms with van der Waals surface area (Å²) in [7, 11) is 0. The molecule has 2 fully saturated rings. The summed E-state index contributed by atoms with van der Waals surface area (Å²) in [6.45, 7) is 8.69. The molecular formula is C17H35IN4S. The van der Waals surface area contributed by atoms with Gasteiger partial charge in [0.2, 0.25) is 0 Å². The van der Waals surface area contributed by atoms with E-state index in [1.807, 2.05) is 11.8 Å². The molecule has 1 aliphatic carbocycles. The number of thioether (sulfide) groups is 1. The highest BCUT2D eigenvalue weighted by atomic mass is 127. The second-order valence-electron chi connectivity index (χ2n) is 6.51. The summed E-state index contributed by atoms with van der Waals surface area (Å²) in [6, 6.07) is 1.24. The van der Waals surface area contributed by atoms with Crippen molar-refractivity contribution in [3.8, 4) is 0 Å². The normalized spacial score (nSPS) is 29.2. The van der Waals surface area contributed by atoms with E-state index >= 15 is 0 Å². The molecule has 0 bridgehead atoms. The minimum absolute atomic E-state index is 0. The molecule has 1 saturated carbocycles. The Morgan fingerprint density at radius 2 is 2.04 bits per heavy atom. The highest BCUT2D eigenvalue weighted by molar-refractivity contribution is 14.0. The third-order valence-electron chi connectivity index (χ3n) is 5.02. The Bertz CT molecular complexity index is 353. The number of likely N-dealkylation sites (N-methyl/N-ethyl adjacent to an activating group) is 1. The predicted molar refractivity (Wildman–Crippen MR) is 114 cm³/mol. The molecule has 0 aromatic rings. The van der Waals surface area contributed by atoms with Crippen LogP contribution in [0, 0.1) is 0 Å². The number of halogens is 1. The van der Waals surface area contributed by atoms with Crippen LogP contribution in [0.25, 0.3) is 0 Å². The van der Waals surface area contributed by atoms with Gasteiger partial charge in [-0.15, -0.1) is 24.0 Å². The molecule has 3 unspecified atom stereocenters. The summed E-state index contributed by atoms with van der Waals surface area (Å²) in [5.74, 6) is 1.02. The molecule has 1 heterocycles. The van der Waals surface area contributed by atoms with E-state index in [9.17, 15) is 0 Å². The SMILES string of the molecule is CCNC(=NCC1CCCCN1CC)NC1CCC(SC)C1.I. The highest BCUT2D eigenvalue weighted by Crippen LogP contribution is 2.28. The topological polar surface area (TPSA) is 39.7 Å². The standard InChI is InChI=1S/C17H34N4S.HI/c1-4-18-17(20-14-9-10-16(12-14)22-3)19-13-15-8-6-7-11-21(15)5-2;/h14-16H,4-13H2,1-3H3,(H2,18,19,20);1H. The minimum atomic E-state index is 0. The summed E-state index contributed by atoms with van der Waals surface area (Å²) in [6.07, 6.45) is 10.1. The van der Waals surface area contributed by atoms with Crippen LogP contribution < -0.4 is 10.6 Å². The van der Waals surface area contributed by atoms with Gasteiger partial charge in [-0.25, -0.2) is 0 Å². The molecule has 23 heavy (non-hydrogen) atoms. The Kier molecular flexibility index (Phi) is 10.9. The van der Waals surface area contributed by atoms with E-state index in [-0.39, 0.29) is 24.0 Å². The largest absolute Gasteiger partial charge is 0.357 e. The number of nitrogens with one attached hydrogen (secondary N) is 2. The molecule has 2 aliphatic rings. The van der Waals surface area contributed by atoms with Crippen LogP contribution in [0.1, 0.15) is 52.4 Å². The summed E-state index contributed by atoms with van der Waals surface area (Å²) in [5.41, 5.74) is 0. The maximum Gasteiger partial charge on any atom is 0.191 e. The Morgan fingerprint density at radius 3 is 2.70 bits per heavy atom. The van der Waals surface area contributed by atoms with E-state index in [1.165, 1.54) is 45.1 Å². The Hall–Kier alpha value is 0.310. The molecule has 0 radical (unpaired) electrons. The molecule has 6 heteroatoms. The zero-order valence-electron chi connectivity index (χ0n) is 15.0. The third-order valence-corrected chi connectivity index (χ3v) is 6.11. The molecule has 1 saturated heterocycles. The zero-order chi connectivity index (χ0) is 15.8. The first-order chi connectivity index (χ1) is 10.8. The summed E-state index contributed by atoms with van der Waals surface area (Å²) in [4.78, 5) is 7.49. The highest BCUT2D eigenvalue weighted by Gasteiger charge is 2.25. The first-order valence-electron chi connectivity index (χ1n) is 9.08. The Balaban J connectivity index is 0.00000264. The lowest BCUT2D eigenvalue weighted by atomic mass is 10.0. The van der Waals surface area contributed by atoms with E-state index in [0.717, 1.165) is 30.8 Å². The van der Waals surface area contributed by atoms with E-state index in [0.29, 0.717) is 12.1 Å². The van der Waals surface area contributed by atoms with Gasteiger partial charge in [0.1, 0.15) is 0 Å². The van der Waals surface area contributed by atoms with Gasteiger partial charge in [-0.2, -0.15) is 11.8 Å². The molecule has 0 aromatic heterocycles. The van der Waals surface area contributed by atoms with E-state index in [4.69, 9.17) is 4.99 Å². The number of aliphatic imine (C=N–C) groups is 1. The molecule has 4 nitrogen and oxygen atoms in total. The first-order valence-corrected chi connectivity index (χ1v) is 10.4. The first kappa shape index (κ1) is 21.4. The van der Waals surface area contributed by atoms with Crippen molar-refractivity contribution in [3.63, 3.8) is 0 Å². The van der Waals surface area contributed by atoms with Crippen molar-refractivity contribution in [1.82, 2.24) is 15.5 Å². The van der Waals surface area contributed by atoms with Gasteiger partial charge in [-0.3, -0.25) is 9.89 Å². The number of hydrogen-bond acceptors (Lipinski definition) is 3. The second kappa shape index (κ2) is 11.8. The van der Waals surface area contributed by atoms with Crippen LogP contribution in [-0.2, 0) is 0 Å². The predicted octanol–water partition coefficient (Wildman–Crippen LogP) is 3.32. The van der Waals surface area contributed by atoms with Crippen molar-refractivity contribution in [1.29, 1.82) is 0 Å². The van der Waals surface area contributed by atoms with Crippen LogP contribution in [-0.4, -0.2) is 60.6 Å². The van der Waals surface area contributed by atoms with Crippen LogP contribution in [0.3, 0.4) is 0 Å². The minimum Gasteiger partial charge on any atom is -0.357 e. The fraction of sp³-hybridized carbons (Fsp3) is 0.941. The summed E-state index contributed by atoms with van der Waals surface area (Å²) in [5, 5.41) is 7.92. The molecular weight excluding hydrogens is 419 g/mol. The number of nitrogens with zero attached hydrogens (tertiary/aromatic N) is 2. The van der Waals surface area contributed by atoms with Crippen molar-refractivity contribution < 1.29 is 0 Å². The summed E-state index contributed by atoms with van der Waals surface area (Å²) < 4.78 is 0. The van der Waals surface area contributed by atoms with Crippen LogP contribution in [0.5, 0.6) is 0 Å². The fourth-order valence-corrected chi connectivity index (χ4v) is 4.47. The van der Waals surface area contributed by atoms with Gasteiger partial charge < -0.3 is 10.6 Å². The Labute approximate surface area is 164 Å². The molecule has 0 aromatic carbocycles. The second-order valence-corrected chi connectivity index (χ2v) is 7.65. The quantitative estimate of drug-likeness (QED) is 0.367. The fourth-order valence-electron chi connectivity index (χ4n) is 3.68. The maximum atomic E-state index is 4.90. The maximum absolute atomic E-state index is 4.90. The average molecular weight is 454 g/mol. The Morgan fingerprint density at radius 1 is 1.22 bits per heavy atom. The number of piperidine rings is 1. The van der Waals surface area contributed by atoms with Crippen LogP contribution in [0.4, 0.5) is 0 Å². The van der Waals surface area contributed by atoms with Crippen LogP contribution >= 0.6 is 35.7 Å². The molecule has 2 rings (SSSR count). The zero-order valence-corrected chi connectivity index (χ0v) is 18.2. The third kappa shape index (κ3) is 6.98. The van der Waals surface area contributed by atoms with Crippen LogP contribution in [0.15, 0.2) is 4.99 Å². The van der Waals surface area contributed by atoms with Gasteiger partial charge in [-0.05, 0) is 58.4 Å². The smallest absolute Gasteiger partial charge is 0.191 e. The van der Waals surface area contributed by atoms with E-state index in [1.54, 1.807) is 0 Å².